The predicted octanol–water partition coefficient (Wildman–Crippen LogP) is 1.30. The Morgan fingerprint density at radius 1 is 1.15 bits per heavy atom. The molecule has 0 aromatic rings. The lowest BCUT2D eigenvalue weighted by atomic mass is 9.85. The van der Waals surface area contributed by atoms with Crippen LogP contribution in [0.1, 0.15) is 58.8 Å². The summed E-state index contributed by atoms with van der Waals surface area (Å²) in [6, 6.07) is 0.406. The molecule has 0 heterocycles. The van der Waals surface area contributed by atoms with Gasteiger partial charge in [0.05, 0.1) is 0 Å². The fourth-order valence-electron chi connectivity index (χ4n) is 2.74. The molecule has 1 saturated carbocycles. The highest BCUT2D eigenvalue weighted by molar-refractivity contribution is 5.79. The van der Waals surface area contributed by atoms with E-state index in [4.69, 9.17) is 11.5 Å². The third kappa shape index (κ3) is 5.90. The van der Waals surface area contributed by atoms with Crippen molar-refractivity contribution in [3.8, 4) is 0 Å². The molecule has 0 radical (unpaired) electrons. The first-order valence-corrected chi connectivity index (χ1v) is 7.75. The van der Waals surface area contributed by atoms with E-state index in [1.165, 1.54) is 0 Å². The van der Waals surface area contributed by atoms with Gasteiger partial charge in [-0.1, -0.05) is 13.3 Å². The molecule has 0 spiro atoms. The fourth-order valence-corrected chi connectivity index (χ4v) is 2.74. The number of hydrogen-bond acceptors (Lipinski definition) is 3. The molecule has 5 N–H and O–H groups in total. The van der Waals surface area contributed by atoms with E-state index >= 15 is 0 Å². The molecule has 1 fully saturated rings. The summed E-state index contributed by atoms with van der Waals surface area (Å²) >= 11 is 0. The number of carbonyl (C=O) groups is 2. The van der Waals surface area contributed by atoms with Gasteiger partial charge in [0.15, 0.2) is 0 Å². The van der Waals surface area contributed by atoms with E-state index in [0.717, 1.165) is 44.9 Å². The van der Waals surface area contributed by atoms with E-state index in [-0.39, 0.29) is 35.7 Å². The Morgan fingerprint density at radius 2 is 1.75 bits per heavy atom. The number of primary amides is 1. The molecule has 1 aliphatic rings. The summed E-state index contributed by atoms with van der Waals surface area (Å²) < 4.78 is 0. The molecule has 0 bridgehead atoms. The van der Waals surface area contributed by atoms with Gasteiger partial charge in [0.25, 0.3) is 0 Å². The van der Waals surface area contributed by atoms with Crippen LogP contribution in [0.2, 0.25) is 0 Å². The van der Waals surface area contributed by atoms with Crippen molar-refractivity contribution in [2.24, 2.45) is 23.3 Å². The minimum atomic E-state index is -0.209. The smallest absolute Gasteiger partial charge is 0.223 e. The lowest BCUT2D eigenvalue weighted by molar-refractivity contribution is -0.125. The molecule has 2 atom stereocenters. The summed E-state index contributed by atoms with van der Waals surface area (Å²) in [5.74, 6) is -0.0644. The number of nitrogens with one attached hydrogen (secondary N) is 1. The molecule has 5 nitrogen and oxygen atoms in total. The Morgan fingerprint density at radius 3 is 2.25 bits per heavy atom. The Bertz CT molecular complexity index is 323. The van der Waals surface area contributed by atoms with Crippen molar-refractivity contribution in [3.63, 3.8) is 0 Å². The number of amides is 2. The van der Waals surface area contributed by atoms with E-state index < -0.39 is 0 Å². The zero-order valence-electron chi connectivity index (χ0n) is 12.7. The zero-order valence-corrected chi connectivity index (χ0v) is 12.7. The van der Waals surface area contributed by atoms with E-state index in [9.17, 15) is 9.59 Å². The summed E-state index contributed by atoms with van der Waals surface area (Å²) in [7, 11) is 0. The monoisotopic (exact) mass is 283 g/mol. The van der Waals surface area contributed by atoms with Crippen molar-refractivity contribution < 1.29 is 9.59 Å². The van der Waals surface area contributed by atoms with Gasteiger partial charge in [-0.15, -0.1) is 0 Å². The molecule has 1 aliphatic carbocycles. The minimum absolute atomic E-state index is 0.00776. The van der Waals surface area contributed by atoms with Crippen LogP contribution in [0.4, 0.5) is 0 Å². The average Bonchev–Trinajstić information content (AvgIpc) is 2.38. The van der Waals surface area contributed by atoms with Gasteiger partial charge in [-0.05, 0) is 45.4 Å². The van der Waals surface area contributed by atoms with Crippen LogP contribution in [0.15, 0.2) is 0 Å². The molecule has 116 valence electrons. The van der Waals surface area contributed by atoms with Crippen LogP contribution in [-0.2, 0) is 9.59 Å². The maximum atomic E-state index is 12.1. The highest BCUT2D eigenvalue weighted by Gasteiger charge is 2.26. The molecule has 0 aromatic heterocycles. The highest BCUT2D eigenvalue weighted by atomic mass is 16.2. The summed E-state index contributed by atoms with van der Waals surface area (Å²) in [5.41, 5.74) is 11.0. The summed E-state index contributed by atoms with van der Waals surface area (Å²) in [5, 5.41) is 3.09. The summed E-state index contributed by atoms with van der Waals surface area (Å²) in [4.78, 5) is 23.2. The zero-order chi connectivity index (χ0) is 15.1. The molecule has 1 rings (SSSR count). The Kier molecular flexibility index (Phi) is 6.99. The number of carbonyl (C=O) groups excluding carboxylic acids is 2. The van der Waals surface area contributed by atoms with Crippen LogP contribution in [0.3, 0.4) is 0 Å². The second-order valence-corrected chi connectivity index (χ2v) is 6.27. The molecule has 0 aliphatic heterocycles. The normalized spacial score (nSPS) is 25.8. The van der Waals surface area contributed by atoms with Crippen LogP contribution < -0.4 is 16.8 Å². The number of hydrogen-bond donors (Lipinski definition) is 3. The minimum Gasteiger partial charge on any atom is -0.369 e. The van der Waals surface area contributed by atoms with Gasteiger partial charge >= 0.3 is 0 Å². The Labute approximate surface area is 121 Å². The largest absolute Gasteiger partial charge is 0.369 e. The first-order valence-electron chi connectivity index (χ1n) is 7.75. The third-order valence-electron chi connectivity index (χ3n) is 4.22. The van der Waals surface area contributed by atoms with Crippen molar-refractivity contribution in [1.82, 2.24) is 5.32 Å². The van der Waals surface area contributed by atoms with Crippen LogP contribution >= 0.6 is 0 Å². The molecular weight excluding hydrogens is 254 g/mol. The second kappa shape index (κ2) is 8.25. The fraction of sp³-hybridized carbons (Fsp3) is 0.867. The Balaban J connectivity index is 2.23. The first kappa shape index (κ1) is 17.0. The van der Waals surface area contributed by atoms with Crippen LogP contribution in [-0.4, -0.2) is 23.9 Å². The van der Waals surface area contributed by atoms with Crippen molar-refractivity contribution in [3.05, 3.63) is 0 Å². The third-order valence-corrected chi connectivity index (χ3v) is 4.22. The molecule has 0 aromatic carbocycles. The maximum absolute atomic E-state index is 12.1. The SMILES string of the molecule is CC(N)CCCC(C)C(=O)NC1CCC(C(N)=O)CC1. The van der Waals surface area contributed by atoms with E-state index in [0.29, 0.717) is 0 Å². The highest BCUT2D eigenvalue weighted by Crippen LogP contribution is 2.24. The topological polar surface area (TPSA) is 98.2 Å². The van der Waals surface area contributed by atoms with Crippen molar-refractivity contribution in [1.29, 1.82) is 0 Å². The molecule has 20 heavy (non-hydrogen) atoms. The van der Waals surface area contributed by atoms with Crippen molar-refractivity contribution in [2.45, 2.75) is 70.9 Å². The van der Waals surface area contributed by atoms with Crippen LogP contribution in [0.5, 0.6) is 0 Å². The van der Waals surface area contributed by atoms with Gasteiger partial charge in [-0.2, -0.15) is 0 Å². The lowest BCUT2D eigenvalue weighted by Crippen LogP contribution is -2.41. The molecular formula is C15H29N3O2. The number of nitrogens with two attached hydrogens (primary N) is 2. The lowest BCUT2D eigenvalue weighted by Gasteiger charge is -2.28. The molecule has 0 saturated heterocycles. The van der Waals surface area contributed by atoms with E-state index in [1.807, 2.05) is 13.8 Å². The van der Waals surface area contributed by atoms with Gasteiger partial charge in [0.2, 0.25) is 11.8 Å². The van der Waals surface area contributed by atoms with Gasteiger partial charge < -0.3 is 16.8 Å². The summed E-state index contributed by atoms with van der Waals surface area (Å²) in [6.45, 7) is 3.95. The molecule has 5 heteroatoms. The van der Waals surface area contributed by atoms with Gasteiger partial charge in [-0.25, -0.2) is 0 Å². The Hall–Kier alpha value is -1.10. The predicted molar refractivity (Wildman–Crippen MR) is 79.7 cm³/mol. The van der Waals surface area contributed by atoms with Crippen LogP contribution in [0, 0.1) is 11.8 Å². The first-order chi connectivity index (χ1) is 9.40. The van der Waals surface area contributed by atoms with Crippen LogP contribution in [0.25, 0.3) is 0 Å². The second-order valence-electron chi connectivity index (χ2n) is 6.27. The van der Waals surface area contributed by atoms with Gasteiger partial charge in [-0.3, -0.25) is 9.59 Å². The standard InChI is InChI=1S/C15H29N3O2/c1-10(4-3-5-11(2)16)15(20)18-13-8-6-12(7-9-13)14(17)19/h10-13H,3-9,16H2,1-2H3,(H2,17,19)(H,18,20). The van der Waals surface area contributed by atoms with Gasteiger partial charge in [0, 0.05) is 23.9 Å². The number of rotatable bonds is 7. The van der Waals surface area contributed by atoms with Gasteiger partial charge in [0.1, 0.15) is 0 Å². The van der Waals surface area contributed by atoms with E-state index in [1.54, 1.807) is 0 Å². The van der Waals surface area contributed by atoms with Crippen molar-refractivity contribution in [2.75, 3.05) is 0 Å². The molecule has 2 amide bonds. The molecule has 2 unspecified atom stereocenters. The summed E-state index contributed by atoms with van der Waals surface area (Å²) in [6.07, 6.45) is 6.11. The van der Waals surface area contributed by atoms with Crippen molar-refractivity contribution >= 4 is 11.8 Å². The average molecular weight is 283 g/mol. The quantitative estimate of drug-likeness (QED) is 0.656. The van der Waals surface area contributed by atoms with E-state index in [2.05, 4.69) is 5.32 Å². The maximum Gasteiger partial charge on any atom is 0.223 e.